The molecular formula is C24H44O6. The van der Waals surface area contributed by atoms with E-state index in [1.165, 1.54) is 32.8 Å². The molecule has 1 aliphatic rings. The van der Waals surface area contributed by atoms with Crippen molar-refractivity contribution in [3.63, 3.8) is 0 Å². The summed E-state index contributed by atoms with van der Waals surface area (Å²) in [6.45, 7) is 4.78. The summed E-state index contributed by atoms with van der Waals surface area (Å²) in [6.07, 6.45) is 13.3. The van der Waals surface area contributed by atoms with Crippen LogP contribution in [0.5, 0.6) is 0 Å². The Hall–Kier alpha value is -0.950. The molecule has 0 spiro atoms. The summed E-state index contributed by atoms with van der Waals surface area (Å²) in [5.41, 5.74) is 0. The van der Waals surface area contributed by atoms with E-state index in [-0.39, 0.29) is 17.8 Å². The highest BCUT2D eigenvalue weighted by molar-refractivity contribution is 5.69. The largest absolute Gasteiger partial charge is 0.469 e. The van der Waals surface area contributed by atoms with E-state index in [2.05, 4.69) is 17.7 Å². The molecule has 0 bridgehead atoms. The number of methoxy groups -OCH3 is 1. The van der Waals surface area contributed by atoms with Crippen LogP contribution in [0.3, 0.4) is 0 Å². The maximum Gasteiger partial charge on any atom is 0.305 e. The summed E-state index contributed by atoms with van der Waals surface area (Å²) in [5, 5.41) is 20.6. The highest BCUT2D eigenvalue weighted by atomic mass is 16.5. The number of rotatable bonds is 18. The molecule has 4 atom stereocenters. The minimum Gasteiger partial charge on any atom is -0.469 e. The molecule has 0 heterocycles. The molecule has 30 heavy (non-hydrogen) atoms. The van der Waals surface area contributed by atoms with Crippen LogP contribution in [-0.2, 0) is 19.0 Å². The van der Waals surface area contributed by atoms with E-state index >= 15 is 0 Å². The molecule has 2 N–H and O–H groups in total. The van der Waals surface area contributed by atoms with E-state index in [1.54, 1.807) is 0 Å². The Morgan fingerprint density at radius 2 is 1.60 bits per heavy atom. The van der Waals surface area contributed by atoms with Crippen LogP contribution in [0, 0.1) is 11.8 Å². The SMILES string of the molecule is CCCCCCCOCCOCC[C@H]1C(O)CC(O)C1C/C=C\CCCC(=O)OC. The van der Waals surface area contributed by atoms with Gasteiger partial charge in [-0.1, -0.05) is 44.8 Å². The lowest BCUT2D eigenvalue weighted by Crippen LogP contribution is -2.23. The van der Waals surface area contributed by atoms with E-state index in [1.807, 2.05) is 6.08 Å². The fourth-order valence-electron chi connectivity index (χ4n) is 4.09. The zero-order chi connectivity index (χ0) is 22.0. The number of allylic oxidation sites excluding steroid dienone is 2. The van der Waals surface area contributed by atoms with Gasteiger partial charge in [-0.3, -0.25) is 4.79 Å². The molecule has 0 aromatic rings. The first-order valence-corrected chi connectivity index (χ1v) is 11.8. The number of hydrogen-bond acceptors (Lipinski definition) is 6. The Labute approximate surface area is 183 Å². The number of unbranched alkanes of at least 4 members (excludes halogenated alkanes) is 5. The van der Waals surface area contributed by atoms with Gasteiger partial charge in [0.05, 0.1) is 32.5 Å². The first-order valence-electron chi connectivity index (χ1n) is 11.8. The number of carbonyl (C=O) groups is 1. The Morgan fingerprint density at radius 3 is 2.33 bits per heavy atom. The van der Waals surface area contributed by atoms with Gasteiger partial charge >= 0.3 is 5.97 Å². The van der Waals surface area contributed by atoms with Crippen molar-refractivity contribution in [3.05, 3.63) is 12.2 Å². The van der Waals surface area contributed by atoms with Crippen molar-refractivity contribution in [1.82, 2.24) is 0 Å². The van der Waals surface area contributed by atoms with Crippen LogP contribution < -0.4 is 0 Å². The van der Waals surface area contributed by atoms with Crippen LogP contribution in [-0.4, -0.2) is 61.9 Å². The van der Waals surface area contributed by atoms with E-state index in [9.17, 15) is 15.0 Å². The first-order chi connectivity index (χ1) is 14.6. The maximum absolute atomic E-state index is 11.1. The van der Waals surface area contributed by atoms with Crippen molar-refractivity contribution >= 4 is 5.97 Å². The zero-order valence-corrected chi connectivity index (χ0v) is 19.1. The van der Waals surface area contributed by atoms with Crippen LogP contribution in [0.1, 0.15) is 77.6 Å². The fourth-order valence-corrected chi connectivity index (χ4v) is 4.09. The van der Waals surface area contributed by atoms with E-state index in [4.69, 9.17) is 9.47 Å². The Kier molecular flexibility index (Phi) is 16.0. The molecule has 0 amide bonds. The molecular weight excluding hydrogens is 384 g/mol. The second-order valence-electron chi connectivity index (χ2n) is 8.30. The van der Waals surface area contributed by atoms with E-state index in [0.29, 0.717) is 32.7 Å². The number of aliphatic hydroxyl groups is 2. The zero-order valence-electron chi connectivity index (χ0n) is 19.1. The molecule has 0 saturated heterocycles. The fraction of sp³-hybridized carbons (Fsp3) is 0.875. The normalized spacial score (nSPS) is 24.0. The maximum atomic E-state index is 11.1. The number of ether oxygens (including phenoxy) is 3. The lowest BCUT2D eigenvalue weighted by molar-refractivity contribution is -0.140. The van der Waals surface area contributed by atoms with Gasteiger partial charge in [0.2, 0.25) is 0 Å². The van der Waals surface area contributed by atoms with Crippen LogP contribution in [0.15, 0.2) is 12.2 Å². The molecule has 0 aromatic carbocycles. The summed E-state index contributed by atoms with van der Waals surface area (Å²) >= 11 is 0. The number of hydrogen-bond donors (Lipinski definition) is 2. The Balaban J connectivity index is 2.13. The molecule has 1 fully saturated rings. The van der Waals surface area contributed by atoms with Crippen molar-refractivity contribution in [1.29, 1.82) is 0 Å². The van der Waals surface area contributed by atoms with Crippen molar-refractivity contribution < 1.29 is 29.2 Å². The van der Waals surface area contributed by atoms with Crippen LogP contribution >= 0.6 is 0 Å². The Morgan fingerprint density at radius 1 is 0.900 bits per heavy atom. The number of carbonyl (C=O) groups excluding carboxylic acids is 1. The van der Waals surface area contributed by atoms with Crippen LogP contribution in [0.2, 0.25) is 0 Å². The molecule has 6 heteroatoms. The van der Waals surface area contributed by atoms with Gasteiger partial charge in [0.1, 0.15) is 0 Å². The van der Waals surface area contributed by atoms with Gasteiger partial charge in [0.15, 0.2) is 0 Å². The van der Waals surface area contributed by atoms with E-state index in [0.717, 1.165) is 38.7 Å². The summed E-state index contributed by atoms with van der Waals surface area (Å²) in [4.78, 5) is 11.1. The number of aliphatic hydroxyl groups excluding tert-OH is 2. The van der Waals surface area contributed by atoms with Crippen molar-refractivity contribution in [2.45, 2.75) is 89.8 Å². The summed E-state index contributed by atoms with van der Waals surface area (Å²) in [5.74, 6) is -0.0748. The molecule has 1 aliphatic carbocycles. The molecule has 3 unspecified atom stereocenters. The Bertz CT molecular complexity index is 453. The third-order valence-electron chi connectivity index (χ3n) is 5.94. The number of esters is 1. The highest BCUT2D eigenvalue weighted by Gasteiger charge is 2.40. The summed E-state index contributed by atoms with van der Waals surface area (Å²) in [7, 11) is 1.40. The predicted octanol–water partition coefficient (Wildman–Crippen LogP) is 4.03. The molecule has 0 aromatic heterocycles. The average molecular weight is 429 g/mol. The molecule has 1 rings (SSSR count). The van der Waals surface area contributed by atoms with Crippen molar-refractivity contribution in [2.75, 3.05) is 33.5 Å². The monoisotopic (exact) mass is 428 g/mol. The second kappa shape index (κ2) is 17.7. The van der Waals surface area contributed by atoms with Gasteiger partial charge in [-0.25, -0.2) is 0 Å². The van der Waals surface area contributed by atoms with Gasteiger partial charge in [-0.05, 0) is 50.4 Å². The van der Waals surface area contributed by atoms with Gasteiger partial charge in [0, 0.05) is 19.6 Å². The van der Waals surface area contributed by atoms with E-state index < -0.39 is 12.2 Å². The molecule has 6 nitrogen and oxygen atoms in total. The topological polar surface area (TPSA) is 85.2 Å². The van der Waals surface area contributed by atoms with Gasteiger partial charge < -0.3 is 24.4 Å². The van der Waals surface area contributed by atoms with Crippen molar-refractivity contribution in [3.8, 4) is 0 Å². The minimum atomic E-state index is -0.472. The summed E-state index contributed by atoms with van der Waals surface area (Å²) < 4.78 is 15.9. The van der Waals surface area contributed by atoms with Gasteiger partial charge in [-0.15, -0.1) is 0 Å². The van der Waals surface area contributed by atoms with Gasteiger partial charge in [0.25, 0.3) is 0 Å². The van der Waals surface area contributed by atoms with Crippen molar-refractivity contribution in [2.24, 2.45) is 11.8 Å². The molecule has 1 saturated carbocycles. The third-order valence-corrected chi connectivity index (χ3v) is 5.94. The molecule has 0 radical (unpaired) electrons. The van der Waals surface area contributed by atoms with Crippen LogP contribution in [0.25, 0.3) is 0 Å². The standard InChI is InChI=1S/C24H44O6/c1-3-4-5-8-11-15-29-17-18-30-16-14-21-20(22(25)19-23(21)26)12-9-6-7-10-13-24(27)28-2/h6,9,20-23,25-26H,3-5,7-8,10-19H2,1-2H3/b9-6-/t20?,21-,22?,23?/m1/s1. The van der Waals surface area contributed by atoms with Crippen LogP contribution in [0.4, 0.5) is 0 Å². The lowest BCUT2D eigenvalue weighted by atomic mass is 9.88. The third kappa shape index (κ3) is 12.0. The average Bonchev–Trinajstić information content (AvgIpc) is 3.00. The molecule has 176 valence electrons. The summed E-state index contributed by atoms with van der Waals surface area (Å²) in [6, 6.07) is 0. The quantitative estimate of drug-likeness (QED) is 0.195. The lowest BCUT2D eigenvalue weighted by Gasteiger charge is -2.22. The second-order valence-corrected chi connectivity index (χ2v) is 8.30. The molecule has 0 aliphatic heterocycles. The smallest absolute Gasteiger partial charge is 0.305 e. The first kappa shape index (κ1) is 27.1. The highest BCUT2D eigenvalue weighted by Crippen LogP contribution is 2.37. The van der Waals surface area contributed by atoms with Gasteiger partial charge in [-0.2, -0.15) is 0 Å². The minimum absolute atomic E-state index is 0.0548. The predicted molar refractivity (Wildman–Crippen MR) is 118 cm³/mol.